The van der Waals surface area contributed by atoms with Gasteiger partial charge in [-0.15, -0.1) is 0 Å². The molecular weight excluding hydrogens is 602 g/mol. The molecule has 0 aliphatic carbocycles. The summed E-state index contributed by atoms with van der Waals surface area (Å²) in [6.45, 7) is 41.0. The highest BCUT2D eigenvalue weighted by Gasteiger charge is 2.36. The molecule has 3 atom stereocenters. The Hall–Kier alpha value is -0.860. The van der Waals surface area contributed by atoms with Crippen molar-refractivity contribution in [3.8, 4) is 0 Å². The average molecular weight is 684 g/mol. The van der Waals surface area contributed by atoms with Crippen LogP contribution in [0.15, 0.2) is 0 Å². The van der Waals surface area contributed by atoms with E-state index in [0.717, 1.165) is 32.2 Å². The Morgan fingerprint density at radius 1 is 0.688 bits per heavy atom. The molecule has 0 spiro atoms. The number of carbonyl (C=O) groups excluding carboxylic acids is 2. The monoisotopic (exact) mass is 684 g/mol. The fourth-order valence-corrected chi connectivity index (χ4v) is 7.36. The first-order valence-electron chi connectivity index (χ1n) is 18.8. The standard InChI is InChI=1S/C41H81NO6/c1-19-41(18,48-25-23-42-38(12,13)29-37(10,11)28-35(5,6)7)34(44)20-22-36(8,9)30-39(14,15)46-24-21-31(2)32(3)45-26-27-47-40(16,17)33(4)43/h31-32,42H,19-30H2,1-18H3. The van der Waals surface area contributed by atoms with Gasteiger partial charge in [0.25, 0.3) is 0 Å². The number of Topliss-reactive ketones (excluding diaryl/α,β-unsaturated/α-hetero) is 2. The molecular formula is C41H81NO6. The normalized spacial score (nSPS) is 16.5. The zero-order valence-electron chi connectivity index (χ0n) is 35.1. The quantitative estimate of drug-likeness (QED) is 0.0909. The van der Waals surface area contributed by atoms with Gasteiger partial charge in [0.15, 0.2) is 11.6 Å². The highest BCUT2D eigenvalue weighted by Crippen LogP contribution is 2.39. The van der Waals surface area contributed by atoms with Crippen LogP contribution in [0.25, 0.3) is 0 Å². The fraction of sp³-hybridized carbons (Fsp3) is 0.951. The minimum Gasteiger partial charge on any atom is -0.376 e. The molecule has 0 rings (SSSR count). The topological polar surface area (TPSA) is 83.1 Å². The maximum Gasteiger partial charge on any atom is 0.164 e. The minimum atomic E-state index is -0.777. The van der Waals surface area contributed by atoms with Crippen LogP contribution in [0.4, 0.5) is 0 Å². The Morgan fingerprint density at radius 3 is 1.79 bits per heavy atom. The van der Waals surface area contributed by atoms with Crippen molar-refractivity contribution in [1.29, 1.82) is 0 Å². The first-order valence-corrected chi connectivity index (χ1v) is 18.8. The summed E-state index contributed by atoms with van der Waals surface area (Å²) in [5.41, 5.74) is -1.41. The van der Waals surface area contributed by atoms with Crippen molar-refractivity contribution in [1.82, 2.24) is 5.32 Å². The molecule has 0 saturated carbocycles. The molecule has 0 aliphatic rings. The van der Waals surface area contributed by atoms with Gasteiger partial charge in [-0.1, -0.05) is 62.3 Å². The summed E-state index contributed by atoms with van der Waals surface area (Å²) in [6.07, 6.45) is 5.97. The number of ketones is 2. The Balaban J connectivity index is 4.73. The van der Waals surface area contributed by atoms with Crippen LogP contribution in [0.5, 0.6) is 0 Å². The van der Waals surface area contributed by atoms with Crippen molar-refractivity contribution in [2.75, 3.05) is 33.0 Å². The SMILES string of the molecule is CCC(C)(OCCNC(C)(C)CC(C)(C)CC(C)(C)C)C(=O)CCC(C)(C)CC(C)(C)OCCC(C)C(C)OCCOC(C)(C)C(C)=O. The summed E-state index contributed by atoms with van der Waals surface area (Å²) in [5.74, 6) is 0.512. The molecule has 7 heteroatoms. The first kappa shape index (κ1) is 47.1. The van der Waals surface area contributed by atoms with Crippen molar-refractivity contribution in [3.63, 3.8) is 0 Å². The van der Waals surface area contributed by atoms with Crippen LogP contribution in [-0.4, -0.2) is 73.0 Å². The van der Waals surface area contributed by atoms with Crippen molar-refractivity contribution in [3.05, 3.63) is 0 Å². The lowest BCUT2D eigenvalue weighted by Crippen LogP contribution is -2.46. The van der Waals surface area contributed by atoms with E-state index >= 15 is 0 Å². The molecule has 0 bridgehead atoms. The lowest BCUT2D eigenvalue weighted by molar-refractivity contribution is -0.144. The maximum absolute atomic E-state index is 13.5. The van der Waals surface area contributed by atoms with Gasteiger partial charge in [-0.05, 0) is 123 Å². The number of rotatable bonds is 26. The average Bonchev–Trinajstić information content (AvgIpc) is 2.88. The van der Waals surface area contributed by atoms with Crippen LogP contribution in [0.1, 0.15) is 170 Å². The summed E-state index contributed by atoms with van der Waals surface area (Å²) >= 11 is 0. The van der Waals surface area contributed by atoms with Crippen molar-refractivity contribution >= 4 is 11.6 Å². The zero-order valence-corrected chi connectivity index (χ0v) is 35.1. The highest BCUT2D eigenvalue weighted by molar-refractivity contribution is 5.86. The van der Waals surface area contributed by atoms with Crippen LogP contribution in [-0.2, 0) is 28.5 Å². The third-order valence-corrected chi connectivity index (χ3v) is 9.90. The van der Waals surface area contributed by atoms with Crippen LogP contribution in [0.3, 0.4) is 0 Å². The van der Waals surface area contributed by atoms with Gasteiger partial charge in [-0.25, -0.2) is 0 Å². The molecule has 7 nitrogen and oxygen atoms in total. The fourth-order valence-electron chi connectivity index (χ4n) is 7.36. The molecule has 0 amide bonds. The Morgan fingerprint density at radius 2 is 1.27 bits per heavy atom. The molecule has 48 heavy (non-hydrogen) atoms. The summed E-state index contributed by atoms with van der Waals surface area (Å²) in [6, 6.07) is 0. The van der Waals surface area contributed by atoms with Gasteiger partial charge in [-0.2, -0.15) is 0 Å². The van der Waals surface area contributed by atoms with Crippen molar-refractivity contribution in [2.24, 2.45) is 22.2 Å². The van der Waals surface area contributed by atoms with Crippen molar-refractivity contribution in [2.45, 2.75) is 198 Å². The molecule has 3 unspecified atom stereocenters. The van der Waals surface area contributed by atoms with Crippen LogP contribution < -0.4 is 5.32 Å². The molecule has 0 heterocycles. The Bertz CT molecular complexity index is 960. The van der Waals surface area contributed by atoms with E-state index in [0.29, 0.717) is 50.6 Å². The maximum atomic E-state index is 13.5. The lowest BCUT2D eigenvalue weighted by Gasteiger charge is -2.39. The predicted octanol–water partition coefficient (Wildman–Crippen LogP) is 9.77. The second-order valence-corrected chi connectivity index (χ2v) is 19.5. The van der Waals surface area contributed by atoms with Gasteiger partial charge in [0, 0.05) is 25.1 Å². The number of nitrogens with one attached hydrogen (secondary N) is 1. The third-order valence-electron chi connectivity index (χ3n) is 9.90. The minimum absolute atomic E-state index is 0.0110. The molecule has 1 N–H and O–H groups in total. The van der Waals surface area contributed by atoms with Gasteiger partial charge in [0.05, 0.1) is 31.5 Å². The van der Waals surface area contributed by atoms with E-state index in [4.69, 9.17) is 18.9 Å². The van der Waals surface area contributed by atoms with Crippen LogP contribution in [0.2, 0.25) is 0 Å². The van der Waals surface area contributed by atoms with E-state index in [2.05, 4.69) is 95.3 Å². The first-order chi connectivity index (χ1) is 21.5. The molecule has 0 aromatic carbocycles. The number of ether oxygens (including phenoxy) is 4. The Labute approximate surface area is 298 Å². The van der Waals surface area contributed by atoms with Crippen molar-refractivity contribution < 1.29 is 28.5 Å². The Kier molecular flexibility index (Phi) is 18.8. The van der Waals surface area contributed by atoms with Crippen LogP contribution in [0, 0.1) is 22.2 Å². The summed E-state index contributed by atoms with van der Waals surface area (Å²) in [5, 5.41) is 3.70. The van der Waals surface area contributed by atoms with Gasteiger partial charge >= 0.3 is 0 Å². The van der Waals surface area contributed by atoms with Gasteiger partial charge < -0.3 is 24.3 Å². The molecule has 0 aliphatic heterocycles. The van der Waals surface area contributed by atoms with Gasteiger partial charge in [0.1, 0.15) is 11.2 Å². The molecule has 0 saturated heterocycles. The third kappa shape index (κ3) is 20.1. The van der Waals surface area contributed by atoms with E-state index < -0.39 is 11.2 Å². The zero-order chi connectivity index (χ0) is 37.8. The van der Waals surface area contributed by atoms with Crippen LogP contribution >= 0.6 is 0 Å². The van der Waals surface area contributed by atoms with E-state index in [1.165, 1.54) is 6.42 Å². The smallest absolute Gasteiger partial charge is 0.164 e. The number of hydrogen-bond donors (Lipinski definition) is 1. The summed E-state index contributed by atoms with van der Waals surface area (Å²) in [4.78, 5) is 25.1. The number of hydrogen-bond acceptors (Lipinski definition) is 7. The van der Waals surface area contributed by atoms with E-state index in [-0.39, 0.29) is 39.6 Å². The molecule has 0 radical (unpaired) electrons. The largest absolute Gasteiger partial charge is 0.376 e. The van der Waals surface area contributed by atoms with E-state index in [9.17, 15) is 9.59 Å². The van der Waals surface area contributed by atoms with E-state index in [1.807, 2.05) is 13.8 Å². The molecule has 0 aromatic heterocycles. The highest BCUT2D eigenvalue weighted by atomic mass is 16.5. The lowest BCUT2D eigenvalue weighted by atomic mass is 9.70. The molecule has 0 aromatic rings. The van der Waals surface area contributed by atoms with Gasteiger partial charge in [-0.3, -0.25) is 9.59 Å². The van der Waals surface area contributed by atoms with Gasteiger partial charge in [0.2, 0.25) is 0 Å². The number of carbonyl (C=O) groups is 2. The molecule has 286 valence electrons. The molecule has 0 fully saturated rings. The summed E-state index contributed by atoms with van der Waals surface area (Å²) in [7, 11) is 0. The second kappa shape index (κ2) is 19.1. The predicted molar refractivity (Wildman–Crippen MR) is 202 cm³/mol. The second-order valence-electron chi connectivity index (χ2n) is 19.5. The summed E-state index contributed by atoms with van der Waals surface area (Å²) < 4.78 is 24.3. The van der Waals surface area contributed by atoms with E-state index in [1.54, 1.807) is 20.8 Å².